The van der Waals surface area contributed by atoms with Crippen molar-refractivity contribution in [2.24, 2.45) is 11.3 Å². The summed E-state index contributed by atoms with van der Waals surface area (Å²) < 4.78 is 42.7. The first kappa shape index (κ1) is 25.2. The Hall–Kier alpha value is -2.04. The van der Waals surface area contributed by atoms with Crippen LogP contribution in [0.1, 0.15) is 6.42 Å². The molecule has 31 heavy (non-hydrogen) atoms. The summed E-state index contributed by atoms with van der Waals surface area (Å²) in [6.07, 6.45) is -4.05. The second-order valence-corrected chi connectivity index (χ2v) is 8.26. The molecule has 11 heteroatoms. The van der Waals surface area contributed by atoms with Crippen LogP contribution in [0.2, 0.25) is 5.02 Å². The SMILES string of the molecule is COC[C@@H]1CN(C)C[C@@]12CCN(C(=O)COc1cccc(Cl)c1)C2.O=C(O)C(F)(F)F. The molecule has 2 aliphatic rings. The predicted octanol–water partition coefficient (Wildman–Crippen LogP) is 2.78. The van der Waals surface area contributed by atoms with Crippen molar-refractivity contribution in [3.05, 3.63) is 29.3 Å². The quantitative estimate of drug-likeness (QED) is 0.719. The molecule has 0 unspecified atom stereocenters. The maximum atomic E-state index is 12.5. The number of carbonyl (C=O) groups is 2. The van der Waals surface area contributed by atoms with E-state index in [1.807, 2.05) is 17.0 Å². The molecule has 0 bridgehead atoms. The number of alkyl halides is 3. The molecule has 1 aromatic rings. The summed E-state index contributed by atoms with van der Waals surface area (Å²) in [6.45, 7) is 4.47. The number of hydrogen-bond donors (Lipinski definition) is 1. The Morgan fingerprint density at radius 3 is 2.58 bits per heavy atom. The molecule has 2 atom stereocenters. The summed E-state index contributed by atoms with van der Waals surface area (Å²) >= 11 is 5.94. The number of likely N-dealkylation sites (tertiary alicyclic amines) is 2. The van der Waals surface area contributed by atoms with E-state index in [1.54, 1.807) is 19.2 Å². The molecular weight excluding hydrogens is 441 g/mol. The Morgan fingerprint density at radius 1 is 1.32 bits per heavy atom. The monoisotopic (exact) mass is 466 g/mol. The van der Waals surface area contributed by atoms with Crippen LogP contribution in [0.15, 0.2) is 24.3 Å². The smallest absolute Gasteiger partial charge is 0.484 e. The van der Waals surface area contributed by atoms with E-state index in [1.165, 1.54) is 0 Å². The van der Waals surface area contributed by atoms with Gasteiger partial charge < -0.3 is 24.4 Å². The third kappa shape index (κ3) is 6.98. The normalized spacial score (nSPS) is 23.5. The van der Waals surface area contributed by atoms with Crippen LogP contribution >= 0.6 is 11.6 Å². The van der Waals surface area contributed by atoms with E-state index in [2.05, 4.69) is 11.9 Å². The van der Waals surface area contributed by atoms with Gasteiger partial charge in [-0.05, 0) is 31.7 Å². The molecule has 0 saturated carbocycles. The molecule has 1 aromatic carbocycles. The van der Waals surface area contributed by atoms with Gasteiger partial charge in [0.25, 0.3) is 5.91 Å². The lowest BCUT2D eigenvalue weighted by atomic mass is 9.78. The predicted molar refractivity (Wildman–Crippen MR) is 107 cm³/mol. The van der Waals surface area contributed by atoms with Crippen molar-refractivity contribution in [1.29, 1.82) is 0 Å². The molecule has 3 rings (SSSR count). The molecule has 174 valence electrons. The summed E-state index contributed by atoms with van der Waals surface area (Å²) in [5, 5.41) is 7.73. The van der Waals surface area contributed by atoms with Crippen LogP contribution in [0.5, 0.6) is 5.75 Å². The lowest BCUT2D eigenvalue weighted by Gasteiger charge is -2.30. The summed E-state index contributed by atoms with van der Waals surface area (Å²) in [6, 6.07) is 7.13. The summed E-state index contributed by atoms with van der Waals surface area (Å²) in [5.74, 6) is -1.60. The van der Waals surface area contributed by atoms with E-state index in [-0.39, 0.29) is 17.9 Å². The second-order valence-electron chi connectivity index (χ2n) is 7.83. The minimum Gasteiger partial charge on any atom is -0.484 e. The number of carboxylic acids is 1. The Labute approximate surface area is 183 Å². The average Bonchev–Trinajstić information content (AvgIpc) is 3.23. The summed E-state index contributed by atoms with van der Waals surface area (Å²) in [7, 11) is 3.90. The number of carbonyl (C=O) groups excluding carboxylic acids is 1. The molecular formula is C20H26ClF3N2O5. The van der Waals surface area contributed by atoms with Crippen molar-refractivity contribution < 1.29 is 37.3 Å². The maximum Gasteiger partial charge on any atom is 0.490 e. The third-order valence-electron chi connectivity index (χ3n) is 5.49. The Morgan fingerprint density at radius 2 is 2.00 bits per heavy atom. The van der Waals surface area contributed by atoms with E-state index in [4.69, 9.17) is 31.0 Å². The van der Waals surface area contributed by atoms with Crippen LogP contribution in [-0.2, 0) is 14.3 Å². The van der Waals surface area contributed by atoms with Crippen LogP contribution in [0.3, 0.4) is 0 Å². The lowest BCUT2D eigenvalue weighted by Crippen LogP contribution is -2.39. The molecule has 1 N–H and O–H groups in total. The van der Waals surface area contributed by atoms with Crippen LogP contribution in [-0.4, -0.2) is 86.5 Å². The molecule has 0 aliphatic carbocycles. The zero-order valence-corrected chi connectivity index (χ0v) is 18.1. The summed E-state index contributed by atoms with van der Waals surface area (Å²) in [5.41, 5.74) is 0.163. The van der Waals surface area contributed by atoms with E-state index in [0.29, 0.717) is 16.7 Å². The number of amides is 1. The lowest BCUT2D eigenvalue weighted by molar-refractivity contribution is -0.192. The number of hydrogen-bond acceptors (Lipinski definition) is 5. The van der Waals surface area contributed by atoms with Crippen LogP contribution in [0.4, 0.5) is 13.2 Å². The average molecular weight is 467 g/mol. The molecule has 7 nitrogen and oxygen atoms in total. The van der Waals surface area contributed by atoms with Gasteiger partial charge in [-0.2, -0.15) is 13.2 Å². The highest BCUT2D eigenvalue weighted by Crippen LogP contribution is 2.43. The molecule has 2 saturated heterocycles. The first-order valence-corrected chi connectivity index (χ1v) is 9.98. The van der Waals surface area contributed by atoms with Gasteiger partial charge in [0.1, 0.15) is 5.75 Å². The zero-order valence-electron chi connectivity index (χ0n) is 17.3. The van der Waals surface area contributed by atoms with Crippen molar-refractivity contribution in [2.75, 3.05) is 53.6 Å². The highest BCUT2D eigenvalue weighted by atomic mass is 35.5. The Kier molecular flexibility index (Phi) is 8.56. The fourth-order valence-electron chi connectivity index (χ4n) is 4.10. The molecule has 1 spiro atoms. The fourth-order valence-corrected chi connectivity index (χ4v) is 4.28. The third-order valence-corrected chi connectivity index (χ3v) is 5.72. The van der Waals surface area contributed by atoms with Crippen molar-refractivity contribution >= 4 is 23.5 Å². The van der Waals surface area contributed by atoms with Crippen molar-refractivity contribution in [3.8, 4) is 5.75 Å². The fraction of sp³-hybridized carbons (Fsp3) is 0.600. The van der Waals surface area contributed by atoms with Crippen LogP contribution in [0, 0.1) is 11.3 Å². The van der Waals surface area contributed by atoms with Crippen LogP contribution < -0.4 is 4.74 Å². The minimum absolute atomic E-state index is 0.0394. The number of methoxy groups -OCH3 is 1. The van der Waals surface area contributed by atoms with E-state index < -0.39 is 12.1 Å². The zero-order chi connectivity index (χ0) is 23.2. The first-order chi connectivity index (χ1) is 14.5. The van der Waals surface area contributed by atoms with E-state index in [0.717, 1.165) is 39.2 Å². The summed E-state index contributed by atoms with van der Waals surface area (Å²) in [4.78, 5) is 25.7. The van der Waals surface area contributed by atoms with Gasteiger partial charge in [0, 0.05) is 49.6 Å². The van der Waals surface area contributed by atoms with E-state index >= 15 is 0 Å². The molecule has 0 aromatic heterocycles. The molecule has 1 amide bonds. The van der Waals surface area contributed by atoms with Crippen molar-refractivity contribution in [2.45, 2.75) is 12.6 Å². The molecule has 2 fully saturated rings. The first-order valence-electron chi connectivity index (χ1n) is 9.60. The highest BCUT2D eigenvalue weighted by molar-refractivity contribution is 6.30. The number of ether oxygens (including phenoxy) is 2. The van der Waals surface area contributed by atoms with Crippen molar-refractivity contribution in [1.82, 2.24) is 9.80 Å². The Bertz CT molecular complexity index is 779. The highest BCUT2D eigenvalue weighted by Gasteiger charge is 2.50. The van der Waals surface area contributed by atoms with Gasteiger partial charge >= 0.3 is 12.1 Å². The number of aliphatic carboxylic acids is 1. The van der Waals surface area contributed by atoms with Crippen molar-refractivity contribution in [3.63, 3.8) is 0 Å². The number of carboxylic acid groups (broad SMARTS) is 1. The number of nitrogens with zero attached hydrogens (tertiary/aromatic N) is 2. The molecule has 0 radical (unpaired) electrons. The minimum atomic E-state index is -5.08. The maximum absolute atomic E-state index is 12.5. The Balaban J connectivity index is 0.000000423. The largest absolute Gasteiger partial charge is 0.490 e. The topological polar surface area (TPSA) is 79.3 Å². The second kappa shape index (κ2) is 10.5. The number of halogens is 4. The van der Waals surface area contributed by atoms with Gasteiger partial charge in [-0.25, -0.2) is 4.79 Å². The van der Waals surface area contributed by atoms with Crippen LogP contribution in [0.25, 0.3) is 0 Å². The van der Waals surface area contributed by atoms with E-state index in [9.17, 15) is 18.0 Å². The van der Waals surface area contributed by atoms with Gasteiger partial charge in [-0.1, -0.05) is 17.7 Å². The number of benzene rings is 1. The van der Waals surface area contributed by atoms with Gasteiger partial charge in [-0.15, -0.1) is 0 Å². The van der Waals surface area contributed by atoms with Gasteiger partial charge in [0.15, 0.2) is 6.61 Å². The van der Waals surface area contributed by atoms with Gasteiger partial charge in [-0.3, -0.25) is 4.79 Å². The molecule has 2 aliphatic heterocycles. The standard InChI is InChI=1S/C18H25ClN2O3.C2HF3O2/c1-20-9-14(10-23-2)18(12-20)6-7-21(13-18)17(22)11-24-16-5-3-4-15(19)8-16;3-2(4,5)1(6)7/h3-5,8,14H,6-7,9-13H2,1-2H3;(H,6,7)/t14-,18+;/m0./s1. The molecule has 2 heterocycles. The van der Waals surface area contributed by atoms with Gasteiger partial charge in [0.05, 0.1) is 6.61 Å². The number of rotatable bonds is 5. The van der Waals surface area contributed by atoms with Gasteiger partial charge in [0.2, 0.25) is 0 Å².